The van der Waals surface area contributed by atoms with Crippen molar-refractivity contribution in [2.45, 2.75) is 19.0 Å². The Bertz CT molecular complexity index is 712. The third-order valence-electron chi connectivity index (χ3n) is 3.24. The van der Waals surface area contributed by atoms with Crippen LogP contribution in [0.15, 0.2) is 46.9 Å². The van der Waals surface area contributed by atoms with Crippen LogP contribution in [0.2, 0.25) is 0 Å². The van der Waals surface area contributed by atoms with Crippen molar-refractivity contribution in [2.24, 2.45) is 0 Å². The third-order valence-corrected chi connectivity index (χ3v) is 3.74. The van der Waals surface area contributed by atoms with Crippen molar-refractivity contribution in [3.05, 3.63) is 58.1 Å². The molecule has 0 N–H and O–H groups in total. The molecule has 0 aromatic heterocycles. The molecule has 0 bridgehead atoms. The van der Waals surface area contributed by atoms with Gasteiger partial charge < -0.3 is 9.47 Å². The van der Waals surface area contributed by atoms with Gasteiger partial charge in [-0.3, -0.25) is 4.79 Å². The smallest absolute Gasteiger partial charge is 0.420 e. The summed E-state index contributed by atoms with van der Waals surface area (Å²) in [6.45, 7) is 0. The Morgan fingerprint density at radius 1 is 1.12 bits per heavy atom. The number of benzene rings is 2. The van der Waals surface area contributed by atoms with Gasteiger partial charge in [-0.15, -0.1) is 0 Å². The highest BCUT2D eigenvalue weighted by Gasteiger charge is 2.34. The average molecular weight is 403 g/mol. The summed E-state index contributed by atoms with van der Waals surface area (Å²) in [5.41, 5.74) is 0.00578. The maximum atomic E-state index is 13.1. The predicted octanol–water partition coefficient (Wildman–Crippen LogP) is 5.37. The number of rotatable bonds is 5. The lowest BCUT2D eigenvalue weighted by Crippen LogP contribution is -2.07. The molecular weight excluding hydrogens is 389 g/mol. The number of hydrogen-bond donors (Lipinski definition) is 0. The Balaban J connectivity index is 2.13. The van der Waals surface area contributed by atoms with Gasteiger partial charge in [-0.1, -0.05) is 28.1 Å². The molecule has 7 heteroatoms. The quantitative estimate of drug-likeness (QED) is 0.631. The number of esters is 1. The molecule has 0 spiro atoms. The second-order valence-electron chi connectivity index (χ2n) is 4.96. The highest BCUT2D eigenvalue weighted by molar-refractivity contribution is 9.10. The van der Waals surface area contributed by atoms with E-state index < -0.39 is 11.7 Å². The lowest BCUT2D eigenvalue weighted by molar-refractivity contribution is -0.140. The van der Waals surface area contributed by atoms with E-state index in [2.05, 4.69) is 20.7 Å². The Hall–Kier alpha value is -2.02. The SMILES string of the molecule is COC(=O)CCc1ccc(Oc2ccc(Br)cc2C(F)(F)F)cc1. The maximum Gasteiger partial charge on any atom is 0.420 e. The molecule has 0 heterocycles. The molecule has 24 heavy (non-hydrogen) atoms. The summed E-state index contributed by atoms with van der Waals surface area (Å²) in [4.78, 5) is 11.1. The zero-order valence-corrected chi connectivity index (χ0v) is 14.3. The fraction of sp³-hybridized carbons (Fsp3) is 0.235. The lowest BCUT2D eigenvalue weighted by Gasteiger charge is -2.14. The van der Waals surface area contributed by atoms with Gasteiger partial charge in [-0.2, -0.15) is 13.2 Å². The molecule has 0 saturated heterocycles. The Kier molecular flexibility index (Phi) is 5.88. The van der Waals surface area contributed by atoms with Crippen molar-refractivity contribution in [1.82, 2.24) is 0 Å². The molecule has 2 rings (SSSR count). The van der Waals surface area contributed by atoms with E-state index in [0.29, 0.717) is 10.9 Å². The topological polar surface area (TPSA) is 35.5 Å². The largest absolute Gasteiger partial charge is 0.469 e. The van der Waals surface area contributed by atoms with Crippen molar-refractivity contribution in [3.8, 4) is 11.5 Å². The van der Waals surface area contributed by atoms with Crippen LogP contribution in [-0.4, -0.2) is 13.1 Å². The van der Waals surface area contributed by atoms with Gasteiger partial charge in [-0.05, 0) is 42.3 Å². The molecule has 2 aromatic rings. The molecule has 0 saturated carbocycles. The minimum absolute atomic E-state index is 0.238. The number of halogens is 4. The van der Waals surface area contributed by atoms with Gasteiger partial charge in [0.15, 0.2) is 0 Å². The number of carbonyl (C=O) groups is 1. The van der Waals surface area contributed by atoms with Crippen LogP contribution in [0.25, 0.3) is 0 Å². The fourth-order valence-electron chi connectivity index (χ4n) is 2.01. The monoisotopic (exact) mass is 402 g/mol. The van der Waals surface area contributed by atoms with Crippen LogP contribution in [-0.2, 0) is 22.1 Å². The van der Waals surface area contributed by atoms with Crippen LogP contribution in [0.5, 0.6) is 11.5 Å². The molecule has 0 amide bonds. The molecule has 0 radical (unpaired) electrons. The zero-order chi connectivity index (χ0) is 17.7. The van der Waals surface area contributed by atoms with Crippen LogP contribution in [0, 0.1) is 0 Å². The lowest BCUT2D eigenvalue weighted by atomic mass is 10.1. The molecule has 0 aliphatic heterocycles. The van der Waals surface area contributed by atoms with E-state index in [1.165, 1.54) is 19.2 Å². The maximum absolute atomic E-state index is 13.1. The standard InChI is InChI=1S/C17H14BrF3O3/c1-23-16(22)9-4-11-2-6-13(7-3-11)24-15-8-5-12(18)10-14(15)17(19,20)21/h2-3,5-8,10H,4,9H2,1H3. The van der Waals surface area contributed by atoms with Gasteiger partial charge in [-0.25, -0.2) is 0 Å². The van der Waals surface area contributed by atoms with Crippen molar-refractivity contribution < 1.29 is 27.4 Å². The van der Waals surface area contributed by atoms with Crippen molar-refractivity contribution >= 4 is 21.9 Å². The third kappa shape index (κ3) is 4.99. The second kappa shape index (κ2) is 7.70. The summed E-state index contributed by atoms with van der Waals surface area (Å²) in [5, 5.41) is 0. The number of alkyl halides is 3. The number of aryl methyl sites for hydroxylation is 1. The minimum Gasteiger partial charge on any atom is -0.469 e. The van der Waals surface area contributed by atoms with E-state index >= 15 is 0 Å². The van der Waals surface area contributed by atoms with E-state index in [1.807, 2.05) is 0 Å². The fourth-order valence-corrected chi connectivity index (χ4v) is 2.37. The van der Waals surface area contributed by atoms with Gasteiger partial charge in [0, 0.05) is 10.9 Å². The first kappa shape index (κ1) is 18.3. The van der Waals surface area contributed by atoms with Crippen LogP contribution >= 0.6 is 15.9 Å². The molecule has 3 nitrogen and oxygen atoms in total. The normalized spacial score (nSPS) is 11.2. The summed E-state index contributed by atoms with van der Waals surface area (Å²) in [6, 6.07) is 10.2. The Morgan fingerprint density at radius 3 is 2.38 bits per heavy atom. The Labute approximate surface area is 145 Å². The van der Waals surface area contributed by atoms with Gasteiger partial charge >= 0.3 is 12.1 Å². The summed E-state index contributed by atoms with van der Waals surface area (Å²) in [7, 11) is 1.32. The van der Waals surface area contributed by atoms with Crippen LogP contribution in [0.4, 0.5) is 13.2 Å². The minimum atomic E-state index is -4.51. The molecular formula is C17H14BrF3O3. The van der Waals surface area contributed by atoms with Crippen molar-refractivity contribution in [2.75, 3.05) is 7.11 Å². The van der Waals surface area contributed by atoms with E-state index in [1.54, 1.807) is 24.3 Å². The van der Waals surface area contributed by atoms with E-state index in [4.69, 9.17) is 4.74 Å². The summed E-state index contributed by atoms with van der Waals surface area (Å²) in [6.07, 6.45) is -3.79. The summed E-state index contributed by atoms with van der Waals surface area (Å²) < 4.78 is 49.4. The number of carbonyl (C=O) groups excluding carboxylic acids is 1. The first-order valence-electron chi connectivity index (χ1n) is 7.00. The van der Waals surface area contributed by atoms with Crippen molar-refractivity contribution in [1.29, 1.82) is 0 Å². The molecule has 0 fully saturated rings. The van der Waals surface area contributed by atoms with Crippen LogP contribution in [0.3, 0.4) is 0 Å². The highest BCUT2D eigenvalue weighted by atomic mass is 79.9. The van der Waals surface area contributed by atoms with E-state index in [9.17, 15) is 18.0 Å². The first-order chi connectivity index (χ1) is 11.3. The molecule has 0 atom stereocenters. The zero-order valence-electron chi connectivity index (χ0n) is 12.7. The Morgan fingerprint density at radius 2 is 1.79 bits per heavy atom. The molecule has 2 aromatic carbocycles. The summed E-state index contributed by atoms with van der Waals surface area (Å²) >= 11 is 3.03. The average Bonchev–Trinajstić information content (AvgIpc) is 2.54. The van der Waals surface area contributed by atoms with E-state index in [0.717, 1.165) is 11.6 Å². The number of hydrogen-bond acceptors (Lipinski definition) is 3. The van der Waals surface area contributed by atoms with Crippen LogP contribution in [0.1, 0.15) is 17.5 Å². The van der Waals surface area contributed by atoms with Crippen LogP contribution < -0.4 is 4.74 Å². The first-order valence-corrected chi connectivity index (χ1v) is 7.79. The molecule has 0 aliphatic rings. The molecule has 0 aliphatic carbocycles. The van der Waals surface area contributed by atoms with E-state index in [-0.39, 0.29) is 23.9 Å². The second-order valence-corrected chi connectivity index (χ2v) is 5.88. The molecule has 128 valence electrons. The number of ether oxygens (including phenoxy) is 2. The van der Waals surface area contributed by atoms with Gasteiger partial charge in [0.25, 0.3) is 0 Å². The van der Waals surface area contributed by atoms with Gasteiger partial charge in [0.2, 0.25) is 0 Å². The van der Waals surface area contributed by atoms with Gasteiger partial charge in [0.1, 0.15) is 11.5 Å². The van der Waals surface area contributed by atoms with Crippen molar-refractivity contribution in [3.63, 3.8) is 0 Å². The highest BCUT2D eigenvalue weighted by Crippen LogP contribution is 2.39. The number of methoxy groups -OCH3 is 1. The molecule has 0 unspecified atom stereocenters. The predicted molar refractivity (Wildman–Crippen MR) is 86.0 cm³/mol. The van der Waals surface area contributed by atoms with Gasteiger partial charge in [0.05, 0.1) is 12.7 Å². The summed E-state index contributed by atoms with van der Waals surface area (Å²) in [5.74, 6) is -0.308.